The van der Waals surface area contributed by atoms with Crippen LogP contribution in [0.3, 0.4) is 0 Å². The van der Waals surface area contributed by atoms with E-state index in [-0.39, 0.29) is 0 Å². The highest BCUT2D eigenvalue weighted by molar-refractivity contribution is 7.12. The molecule has 0 aliphatic heterocycles. The standard InChI is InChI=1S/C17H25NOS/c1-11-3-15(19-2)16(20-11)10-18-17-7-12-4-13(8-17)6-14(5-12)9-17/h3,12-14,18H,4-10H2,1-2H3. The first-order chi connectivity index (χ1) is 9.66. The summed E-state index contributed by atoms with van der Waals surface area (Å²) >= 11 is 1.88. The smallest absolute Gasteiger partial charge is 0.134 e. The molecule has 1 heterocycles. The van der Waals surface area contributed by atoms with E-state index in [0.717, 1.165) is 30.0 Å². The predicted octanol–water partition coefficient (Wildman–Crippen LogP) is 4.12. The maximum Gasteiger partial charge on any atom is 0.134 e. The summed E-state index contributed by atoms with van der Waals surface area (Å²) in [5, 5.41) is 3.96. The summed E-state index contributed by atoms with van der Waals surface area (Å²) in [6.07, 6.45) is 8.82. The Kier molecular flexibility index (Phi) is 3.11. The summed E-state index contributed by atoms with van der Waals surface area (Å²) in [6.45, 7) is 3.16. The third-order valence-corrected chi connectivity index (χ3v) is 6.81. The van der Waals surface area contributed by atoms with Crippen LogP contribution in [0.2, 0.25) is 0 Å². The van der Waals surface area contributed by atoms with E-state index in [1.807, 2.05) is 11.3 Å². The largest absolute Gasteiger partial charge is 0.496 e. The molecular formula is C17H25NOS. The van der Waals surface area contributed by atoms with Gasteiger partial charge in [0.2, 0.25) is 0 Å². The molecule has 0 radical (unpaired) electrons. The lowest BCUT2D eigenvalue weighted by Crippen LogP contribution is -2.58. The van der Waals surface area contributed by atoms with Gasteiger partial charge in [0.15, 0.2) is 0 Å². The summed E-state index contributed by atoms with van der Waals surface area (Å²) < 4.78 is 5.51. The van der Waals surface area contributed by atoms with Gasteiger partial charge in [-0.3, -0.25) is 0 Å². The molecule has 4 saturated carbocycles. The minimum Gasteiger partial charge on any atom is -0.496 e. The monoisotopic (exact) mass is 291 g/mol. The molecule has 4 bridgehead atoms. The molecule has 1 N–H and O–H groups in total. The van der Waals surface area contributed by atoms with Gasteiger partial charge in [-0.15, -0.1) is 11.3 Å². The maximum atomic E-state index is 5.51. The van der Waals surface area contributed by atoms with Crippen molar-refractivity contribution < 1.29 is 4.74 Å². The first-order valence-electron chi connectivity index (χ1n) is 8.04. The van der Waals surface area contributed by atoms with Gasteiger partial charge in [-0.2, -0.15) is 0 Å². The average molecular weight is 291 g/mol. The zero-order valence-corrected chi connectivity index (χ0v) is 13.4. The van der Waals surface area contributed by atoms with Crippen LogP contribution in [-0.2, 0) is 6.54 Å². The van der Waals surface area contributed by atoms with Crippen LogP contribution in [0.5, 0.6) is 5.75 Å². The molecule has 4 aliphatic rings. The lowest BCUT2D eigenvalue weighted by molar-refractivity contribution is -0.0205. The zero-order chi connectivity index (χ0) is 13.7. The molecule has 5 rings (SSSR count). The van der Waals surface area contributed by atoms with Crippen molar-refractivity contribution >= 4 is 11.3 Å². The van der Waals surface area contributed by atoms with Crippen LogP contribution in [-0.4, -0.2) is 12.6 Å². The van der Waals surface area contributed by atoms with Crippen LogP contribution in [0.25, 0.3) is 0 Å². The molecule has 20 heavy (non-hydrogen) atoms. The Morgan fingerprint density at radius 1 is 1.20 bits per heavy atom. The molecule has 0 spiro atoms. The Bertz CT molecular complexity index is 472. The summed E-state index contributed by atoms with van der Waals surface area (Å²) in [5.41, 5.74) is 0.456. The van der Waals surface area contributed by atoms with Crippen LogP contribution in [0.4, 0.5) is 0 Å². The molecule has 0 amide bonds. The molecule has 0 saturated heterocycles. The van der Waals surface area contributed by atoms with E-state index in [9.17, 15) is 0 Å². The Morgan fingerprint density at radius 2 is 1.80 bits per heavy atom. The summed E-state index contributed by atoms with van der Waals surface area (Å²) in [7, 11) is 1.79. The van der Waals surface area contributed by atoms with Gasteiger partial charge in [-0.25, -0.2) is 0 Å². The van der Waals surface area contributed by atoms with Gasteiger partial charge in [0.05, 0.1) is 12.0 Å². The minimum atomic E-state index is 0.456. The van der Waals surface area contributed by atoms with E-state index in [2.05, 4.69) is 18.3 Å². The third-order valence-electron chi connectivity index (χ3n) is 5.78. The number of rotatable bonds is 4. The number of thiophene rings is 1. The third kappa shape index (κ3) is 2.19. The molecule has 0 atom stereocenters. The fourth-order valence-electron chi connectivity index (χ4n) is 5.43. The van der Waals surface area contributed by atoms with Gasteiger partial charge in [-0.1, -0.05) is 0 Å². The number of hydrogen-bond acceptors (Lipinski definition) is 3. The van der Waals surface area contributed by atoms with Crippen molar-refractivity contribution in [2.75, 3.05) is 7.11 Å². The van der Waals surface area contributed by atoms with Gasteiger partial charge < -0.3 is 10.1 Å². The number of methoxy groups -OCH3 is 1. The Morgan fingerprint density at radius 3 is 2.35 bits per heavy atom. The summed E-state index contributed by atoms with van der Waals surface area (Å²) in [6, 6.07) is 2.17. The first-order valence-corrected chi connectivity index (χ1v) is 8.86. The van der Waals surface area contributed by atoms with Crippen LogP contribution < -0.4 is 10.1 Å². The molecule has 4 aliphatic carbocycles. The maximum absolute atomic E-state index is 5.51. The zero-order valence-electron chi connectivity index (χ0n) is 12.6. The molecule has 1 aromatic rings. The van der Waals surface area contributed by atoms with E-state index in [4.69, 9.17) is 4.74 Å². The number of nitrogens with one attached hydrogen (secondary N) is 1. The SMILES string of the molecule is COc1cc(C)sc1CNC12CC3CC(CC(C3)C1)C2. The van der Waals surface area contributed by atoms with Gasteiger partial charge in [0, 0.05) is 17.0 Å². The molecule has 0 unspecified atom stereocenters. The molecule has 110 valence electrons. The van der Waals surface area contributed by atoms with E-state index in [1.165, 1.54) is 48.3 Å². The van der Waals surface area contributed by atoms with E-state index >= 15 is 0 Å². The number of hydrogen-bond donors (Lipinski definition) is 1. The summed E-state index contributed by atoms with van der Waals surface area (Å²) in [4.78, 5) is 2.73. The van der Waals surface area contributed by atoms with Gasteiger partial charge >= 0.3 is 0 Å². The lowest BCUT2D eigenvalue weighted by atomic mass is 9.53. The first kappa shape index (κ1) is 13.1. The molecule has 4 fully saturated rings. The fraction of sp³-hybridized carbons (Fsp3) is 0.765. The number of aryl methyl sites for hydroxylation is 1. The molecule has 3 heteroatoms. The van der Waals surface area contributed by atoms with Crippen molar-refractivity contribution in [3.63, 3.8) is 0 Å². The fourth-order valence-corrected chi connectivity index (χ4v) is 6.37. The van der Waals surface area contributed by atoms with Gasteiger partial charge in [0.1, 0.15) is 5.75 Å². The van der Waals surface area contributed by atoms with Crippen LogP contribution in [0.1, 0.15) is 48.3 Å². The second-order valence-corrected chi connectivity index (χ2v) is 8.74. The quantitative estimate of drug-likeness (QED) is 0.901. The highest BCUT2D eigenvalue weighted by Gasteiger charge is 2.50. The molecule has 1 aromatic heterocycles. The highest BCUT2D eigenvalue weighted by atomic mass is 32.1. The highest BCUT2D eigenvalue weighted by Crippen LogP contribution is 2.55. The van der Waals surface area contributed by atoms with E-state index in [0.29, 0.717) is 5.54 Å². The molecule has 2 nitrogen and oxygen atoms in total. The van der Waals surface area contributed by atoms with Crippen molar-refractivity contribution in [1.29, 1.82) is 0 Å². The van der Waals surface area contributed by atoms with Crippen LogP contribution in [0.15, 0.2) is 6.07 Å². The lowest BCUT2D eigenvalue weighted by Gasteiger charge is -2.57. The van der Waals surface area contributed by atoms with Crippen molar-refractivity contribution in [1.82, 2.24) is 5.32 Å². The number of ether oxygens (including phenoxy) is 1. The van der Waals surface area contributed by atoms with Gasteiger partial charge in [0.25, 0.3) is 0 Å². The van der Waals surface area contributed by atoms with Crippen molar-refractivity contribution in [3.8, 4) is 5.75 Å². The van der Waals surface area contributed by atoms with Crippen LogP contribution in [0, 0.1) is 24.7 Å². The predicted molar refractivity (Wildman–Crippen MR) is 83.4 cm³/mol. The second-order valence-electron chi connectivity index (χ2n) is 7.40. The second kappa shape index (κ2) is 4.74. The van der Waals surface area contributed by atoms with Gasteiger partial charge in [-0.05, 0) is 69.3 Å². The summed E-state index contributed by atoms with van der Waals surface area (Å²) in [5.74, 6) is 4.12. The minimum absolute atomic E-state index is 0.456. The molecule has 0 aromatic carbocycles. The average Bonchev–Trinajstić information content (AvgIpc) is 2.75. The van der Waals surface area contributed by atoms with Crippen molar-refractivity contribution in [2.24, 2.45) is 17.8 Å². The topological polar surface area (TPSA) is 21.3 Å². The molecular weight excluding hydrogens is 266 g/mol. The Balaban J connectivity index is 1.49. The normalized spacial score (nSPS) is 38.4. The van der Waals surface area contributed by atoms with Crippen molar-refractivity contribution in [3.05, 3.63) is 15.8 Å². The Hall–Kier alpha value is -0.540. The van der Waals surface area contributed by atoms with E-state index in [1.54, 1.807) is 7.11 Å². The Labute approximate surface area is 125 Å². The van der Waals surface area contributed by atoms with Crippen LogP contribution >= 0.6 is 11.3 Å². The van der Waals surface area contributed by atoms with E-state index < -0.39 is 0 Å². The van der Waals surface area contributed by atoms with Crippen molar-refractivity contribution in [2.45, 2.75) is 57.5 Å².